The van der Waals surface area contributed by atoms with E-state index < -0.39 is 0 Å². The van der Waals surface area contributed by atoms with Gasteiger partial charge >= 0.3 is 0 Å². The highest BCUT2D eigenvalue weighted by atomic mass is 16.7. The second-order valence-corrected chi connectivity index (χ2v) is 0.569. The number of rotatable bonds is 0. The summed E-state index contributed by atoms with van der Waals surface area (Å²) in [5.41, 5.74) is 5.56. The summed E-state index contributed by atoms with van der Waals surface area (Å²) in [5.74, 6) is 0. The molecule has 0 aromatic heterocycles. The molecule has 5 heavy (non-hydrogen) atoms. The monoisotopic (exact) mass is 70.0 g/mol. The molecule has 0 bridgehead atoms. The Hall–Kier alpha value is -0.700. The normalized spacial score (nSPS) is 17.6. The van der Waals surface area contributed by atoms with Gasteiger partial charge < -0.3 is 4.84 Å². The highest BCUT2D eigenvalue weighted by Crippen LogP contribution is 1.71. The fourth-order valence-corrected chi connectivity index (χ4v) is 0.132. The third-order valence-corrected chi connectivity index (χ3v) is 0.275. The van der Waals surface area contributed by atoms with Gasteiger partial charge in [0.1, 0.15) is 0 Å². The quantitative estimate of drug-likeness (QED) is 0.409. The van der Waals surface area contributed by atoms with Crippen LogP contribution in [0.15, 0.2) is 6.20 Å². The van der Waals surface area contributed by atoms with Crippen molar-refractivity contribution in [1.29, 1.82) is 0 Å². The standard InChI is InChI=1S/C2H2N2O/c1-2-5-4-3-1/h1,4H. The van der Waals surface area contributed by atoms with E-state index in [1.165, 1.54) is 6.20 Å². The first-order valence-corrected chi connectivity index (χ1v) is 1.18. The molecule has 0 atom stereocenters. The van der Waals surface area contributed by atoms with E-state index in [1.54, 1.807) is 0 Å². The summed E-state index contributed by atoms with van der Waals surface area (Å²) in [7, 11) is 0. The van der Waals surface area contributed by atoms with E-state index in [4.69, 9.17) is 0 Å². The zero-order valence-corrected chi connectivity index (χ0v) is 2.43. The molecule has 0 aromatic rings. The van der Waals surface area contributed by atoms with Crippen LogP contribution in [0.3, 0.4) is 0 Å². The molecule has 3 nitrogen and oxygen atoms in total. The molecule has 0 amide bonds. The molecule has 0 aromatic carbocycles. The van der Waals surface area contributed by atoms with E-state index in [-0.39, 0.29) is 0 Å². The molecule has 2 radical (unpaired) electrons. The molecule has 1 N–H and O–H groups in total. The molecule has 1 heterocycles. The van der Waals surface area contributed by atoms with Gasteiger partial charge in [-0.15, -0.1) is 0 Å². The Morgan fingerprint density at radius 2 is 3.00 bits per heavy atom. The van der Waals surface area contributed by atoms with Crippen molar-refractivity contribution in [2.45, 2.75) is 0 Å². The van der Waals surface area contributed by atoms with E-state index >= 15 is 0 Å². The van der Waals surface area contributed by atoms with Crippen LogP contribution in [0.5, 0.6) is 0 Å². The van der Waals surface area contributed by atoms with Gasteiger partial charge in [-0.3, -0.25) is 0 Å². The first-order chi connectivity index (χ1) is 2.50. The lowest BCUT2D eigenvalue weighted by atomic mass is 11.0. The minimum absolute atomic E-state index is 1.40. The lowest BCUT2D eigenvalue weighted by Crippen LogP contribution is -2.09. The summed E-state index contributed by atoms with van der Waals surface area (Å²) in [6, 6.07) is 0. The van der Waals surface area contributed by atoms with E-state index in [2.05, 4.69) is 22.1 Å². The van der Waals surface area contributed by atoms with Gasteiger partial charge in [0.25, 0.3) is 0 Å². The van der Waals surface area contributed by atoms with Crippen LogP contribution >= 0.6 is 0 Å². The zero-order chi connectivity index (χ0) is 3.54. The van der Waals surface area contributed by atoms with Crippen LogP contribution in [0.2, 0.25) is 0 Å². The molecule has 0 saturated carbocycles. The van der Waals surface area contributed by atoms with Crippen molar-refractivity contribution in [3.8, 4) is 0 Å². The molecule has 0 aliphatic carbocycles. The van der Waals surface area contributed by atoms with Gasteiger partial charge in [-0.25, -0.2) is 0 Å². The summed E-state index contributed by atoms with van der Waals surface area (Å²) < 4.78 is 0. The number of hydrogen-bond acceptors (Lipinski definition) is 2. The van der Waals surface area contributed by atoms with Gasteiger partial charge in [0, 0.05) is 0 Å². The van der Waals surface area contributed by atoms with Crippen LogP contribution < -0.4 is 11.0 Å². The molecule has 1 aliphatic rings. The highest BCUT2D eigenvalue weighted by Gasteiger charge is 1.83. The maximum atomic E-state index is 4.22. The van der Waals surface area contributed by atoms with Crippen LogP contribution in [-0.4, -0.2) is 0 Å². The van der Waals surface area contributed by atoms with E-state index in [9.17, 15) is 0 Å². The first kappa shape index (κ1) is 2.53. The maximum Gasteiger partial charge on any atom is 0.215 e. The van der Waals surface area contributed by atoms with Crippen molar-refractivity contribution >= 4 is 0 Å². The van der Waals surface area contributed by atoms with E-state index in [1.807, 2.05) is 0 Å². The number of hydrogen-bond donors (Lipinski definition) is 1. The van der Waals surface area contributed by atoms with Gasteiger partial charge in [0.05, 0.1) is 6.20 Å². The maximum absolute atomic E-state index is 4.22. The molecule has 1 rings (SSSR count). The zero-order valence-electron chi connectivity index (χ0n) is 2.43. The molecule has 0 unspecified atom stereocenters. The van der Waals surface area contributed by atoms with Crippen molar-refractivity contribution in [3.05, 3.63) is 12.5 Å². The Morgan fingerprint density at radius 3 is 3.20 bits per heavy atom. The average Bonchev–Trinajstić information content (AvgIpc) is 1.76. The van der Waals surface area contributed by atoms with Gasteiger partial charge in [0.15, 0.2) is 0 Å². The summed E-state index contributed by atoms with van der Waals surface area (Å²) >= 11 is 0. The van der Waals surface area contributed by atoms with E-state index in [0.29, 0.717) is 0 Å². The van der Waals surface area contributed by atoms with Crippen molar-refractivity contribution in [2.75, 3.05) is 0 Å². The Labute approximate surface area is 29.5 Å². The van der Waals surface area contributed by atoms with Gasteiger partial charge in [-0.05, 0) is 5.59 Å². The fourth-order valence-electron chi connectivity index (χ4n) is 0.132. The van der Waals surface area contributed by atoms with Crippen LogP contribution in [-0.2, 0) is 4.84 Å². The Balaban J connectivity index is 2.32. The largest absolute Gasteiger partial charge is 0.382 e. The summed E-state index contributed by atoms with van der Waals surface area (Å²) in [5, 5.41) is 0. The van der Waals surface area contributed by atoms with Crippen LogP contribution in [0.25, 0.3) is 0 Å². The second kappa shape index (κ2) is 0.944. The summed E-state index contributed by atoms with van der Waals surface area (Å²) in [6.07, 6.45) is 3.72. The smallest absolute Gasteiger partial charge is 0.215 e. The Bertz CT molecular complexity index is 45.6. The first-order valence-electron chi connectivity index (χ1n) is 1.18. The minimum atomic E-state index is 1.40. The Kier molecular flexibility index (Phi) is 0.478. The molecule has 1 aliphatic heterocycles. The molecule has 3 heteroatoms. The second-order valence-electron chi connectivity index (χ2n) is 0.569. The van der Waals surface area contributed by atoms with Crippen molar-refractivity contribution in [3.63, 3.8) is 0 Å². The molecule has 0 spiro atoms. The van der Waals surface area contributed by atoms with Gasteiger partial charge in [0.2, 0.25) is 6.26 Å². The predicted octanol–water partition coefficient (Wildman–Crippen LogP) is -0.685. The highest BCUT2D eigenvalue weighted by molar-refractivity contribution is 4.60. The minimum Gasteiger partial charge on any atom is -0.382 e. The van der Waals surface area contributed by atoms with Crippen LogP contribution in [0.1, 0.15) is 0 Å². The fraction of sp³-hybridized carbons (Fsp3) is 0. The summed E-state index contributed by atoms with van der Waals surface area (Å²) in [6.45, 7) is 0. The molecular weight excluding hydrogens is 68.0 g/mol. The third kappa shape index (κ3) is 0.302. The predicted molar refractivity (Wildman–Crippen MR) is 14.2 cm³/mol. The molecule has 26 valence electrons. The SMILES string of the molecule is [C]1=C[N]NO1. The lowest BCUT2D eigenvalue weighted by molar-refractivity contribution is 0.120. The number of nitrogens with one attached hydrogen (secondary N) is 1. The molecule has 0 fully saturated rings. The van der Waals surface area contributed by atoms with Gasteiger partial charge in [-0.2, -0.15) is 5.43 Å². The molecule has 0 saturated heterocycles. The van der Waals surface area contributed by atoms with Crippen molar-refractivity contribution in [1.82, 2.24) is 11.0 Å². The summed E-state index contributed by atoms with van der Waals surface area (Å²) in [4.78, 5) is 4.22. The Morgan fingerprint density at radius 1 is 2.00 bits per heavy atom. The van der Waals surface area contributed by atoms with E-state index in [0.717, 1.165) is 0 Å². The van der Waals surface area contributed by atoms with Crippen molar-refractivity contribution in [2.24, 2.45) is 0 Å². The van der Waals surface area contributed by atoms with Gasteiger partial charge in [-0.1, -0.05) is 0 Å². The average molecular weight is 70.1 g/mol. The van der Waals surface area contributed by atoms with Crippen LogP contribution in [0, 0.1) is 6.26 Å². The molecular formula is C2H2N2O. The lowest BCUT2D eigenvalue weighted by Gasteiger charge is -1.80. The third-order valence-electron chi connectivity index (χ3n) is 0.275. The topological polar surface area (TPSA) is 35.4 Å². The van der Waals surface area contributed by atoms with Crippen molar-refractivity contribution < 1.29 is 4.84 Å². The number of nitrogens with zero attached hydrogens (tertiary/aromatic N) is 1. The van der Waals surface area contributed by atoms with Crippen LogP contribution in [0.4, 0.5) is 0 Å².